The number of amides is 1. The molecule has 0 bridgehead atoms. The van der Waals surface area contributed by atoms with Crippen LogP contribution in [0.4, 0.5) is 18.9 Å². The van der Waals surface area contributed by atoms with Gasteiger partial charge in [-0.3, -0.25) is 9.59 Å². The number of Topliss-reactive ketones (excluding diaryl/α,β-unsaturated/α-hetero) is 1. The number of benzene rings is 2. The highest BCUT2D eigenvalue weighted by Crippen LogP contribution is 2.22. The molecule has 0 aromatic heterocycles. The van der Waals surface area contributed by atoms with Crippen LogP contribution in [0.3, 0.4) is 0 Å². The second-order valence-corrected chi connectivity index (χ2v) is 5.61. The van der Waals surface area contributed by atoms with Crippen molar-refractivity contribution >= 4 is 40.0 Å². The Balaban J connectivity index is 2.11. The number of hydrogen-bond acceptors (Lipinski definition) is 2. The Bertz CT molecular complexity index is 694. The molecule has 2 aromatic rings. The van der Waals surface area contributed by atoms with Crippen LogP contribution in [0, 0.1) is 3.57 Å². The molecule has 0 saturated carbocycles. The highest BCUT2D eigenvalue weighted by molar-refractivity contribution is 14.1. The number of rotatable bonds is 3. The molecular weight excluding hydrogens is 410 g/mol. The van der Waals surface area contributed by atoms with Gasteiger partial charge in [0.1, 0.15) is 0 Å². The summed E-state index contributed by atoms with van der Waals surface area (Å²) in [6.07, 6.45) is -4.93. The molecule has 0 unspecified atom stereocenters. The lowest BCUT2D eigenvalue weighted by Gasteiger charge is -2.07. The van der Waals surface area contributed by atoms with Crippen molar-refractivity contribution < 1.29 is 22.8 Å². The van der Waals surface area contributed by atoms with Gasteiger partial charge in [-0.25, -0.2) is 0 Å². The third-order valence-electron chi connectivity index (χ3n) is 2.77. The van der Waals surface area contributed by atoms with Crippen LogP contribution >= 0.6 is 22.6 Å². The van der Waals surface area contributed by atoms with E-state index in [0.717, 1.165) is 15.7 Å². The lowest BCUT2D eigenvalue weighted by atomic mass is 10.1. The zero-order valence-corrected chi connectivity index (χ0v) is 13.1. The highest BCUT2D eigenvalue weighted by Gasteiger charge is 2.39. The molecule has 22 heavy (non-hydrogen) atoms. The van der Waals surface area contributed by atoms with E-state index in [0.29, 0.717) is 5.69 Å². The van der Waals surface area contributed by atoms with Crippen LogP contribution < -0.4 is 5.32 Å². The Labute approximate surface area is 137 Å². The summed E-state index contributed by atoms with van der Waals surface area (Å²) in [5.41, 5.74) is 0.233. The van der Waals surface area contributed by atoms with Gasteiger partial charge in [0.05, 0.1) is 0 Å². The Morgan fingerprint density at radius 2 is 1.36 bits per heavy atom. The van der Waals surface area contributed by atoms with Gasteiger partial charge in [0.15, 0.2) is 0 Å². The highest BCUT2D eigenvalue weighted by atomic mass is 127. The fourth-order valence-electron chi connectivity index (χ4n) is 1.67. The van der Waals surface area contributed by atoms with Crippen molar-refractivity contribution in [3.05, 3.63) is 63.2 Å². The van der Waals surface area contributed by atoms with E-state index in [1.165, 1.54) is 12.1 Å². The van der Waals surface area contributed by atoms with Crippen LogP contribution in [0.25, 0.3) is 0 Å². The van der Waals surface area contributed by atoms with Crippen molar-refractivity contribution in [3.8, 4) is 0 Å². The smallest absolute Gasteiger partial charge is 0.322 e. The van der Waals surface area contributed by atoms with Gasteiger partial charge in [-0.05, 0) is 59.0 Å². The molecule has 114 valence electrons. The van der Waals surface area contributed by atoms with E-state index in [4.69, 9.17) is 0 Å². The Kier molecular flexibility index (Phi) is 4.84. The maximum absolute atomic E-state index is 12.3. The van der Waals surface area contributed by atoms with Gasteiger partial charge in [0, 0.05) is 20.4 Å². The van der Waals surface area contributed by atoms with Crippen LogP contribution in [-0.4, -0.2) is 17.9 Å². The van der Waals surface area contributed by atoms with Crippen molar-refractivity contribution in [1.29, 1.82) is 0 Å². The first-order valence-electron chi connectivity index (χ1n) is 6.06. The summed E-state index contributed by atoms with van der Waals surface area (Å²) in [5, 5.41) is 2.61. The molecule has 0 aliphatic rings. The van der Waals surface area contributed by atoms with Crippen LogP contribution in [0.2, 0.25) is 0 Å². The Hall–Kier alpha value is -1.90. The zero-order valence-electron chi connectivity index (χ0n) is 10.9. The molecular formula is C15H9F3INO2. The van der Waals surface area contributed by atoms with Crippen molar-refractivity contribution in [3.63, 3.8) is 0 Å². The van der Waals surface area contributed by atoms with E-state index in [1.807, 2.05) is 0 Å². The molecule has 1 N–H and O–H groups in total. The summed E-state index contributed by atoms with van der Waals surface area (Å²) in [4.78, 5) is 23.0. The molecule has 0 spiro atoms. The summed E-state index contributed by atoms with van der Waals surface area (Å²) >= 11 is 2.12. The van der Waals surface area contributed by atoms with Crippen molar-refractivity contribution in [2.75, 3.05) is 5.32 Å². The van der Waals surface area contributed by atoms with Gasteiger partial charge < -0.3 is 5.32 Å². The first-order chi connectivity index (χ1) is 10.3. The van der Waals surface area contributed by atoms with Crippen molar-refractivity contribution in [2.45, 2.75) is 6.18 Å². The van der Waals surface area contributed by atoms with Crippen molar-refractivity contribution in [1.82, 2.24) is 0 Å². The molecule has 2 rings (SSSR count). The first-order valence-corrected chi connectivity index (χ1v) is 7.14. The number of alkyl halides is 3. The lowest BCUT2D eigenvalue weighted by Crippen LogP contribution is -2.22. The zero-order chi connectivity index (χ0) is 16.3. The predicted molar refractivity (Wildman–Crippen MR) is 83.9 cm³/mol. The van der Waals surface area contributed by atoms with E-state index in [2.05, 4.69) is 27.9 Å². The van der Waals surface area contributed by atoms with Crippen LogP contribution in [-0.2, 0) is 0 Å². The summed E-state index contributed by atoms with van der Waals surface area (Å²) in [6, 6.07) is 11.4. The minimum atomic E-state index is -4.93. The number of carbonyl (C=O) groups excluding carboxylic acids is 2. The molecule has 0 aliphatic carbocycles. The quantitative estimate of drug-likeness (QED) is 0.596. The molecule has 0 aliphatic heterocycles. The average Bonchev–Trinajstić information content (AvgIpc) is 2.48. The third-order valence-corrected chi connectivity index (χ3v) is 3.49. The molecule has 2 aromatic carbocycles. The second kappa shape index (κ2) is 6.47. The Morgan fingerprint density at radius 1 is 0.864 bits per heavy atom. The lowest BCUT2D eigenvalue weighted by molar-refractivity contribution is -0.0885. The van der Waals surface area contributed by atoms with Crippen LogP contribution in [0.5, 0.6) is 0 Å². The summed E-state index contributed by atoms with van der Waals surface area (Å²) in [6.45, 7) is 0. The molecule has 0 heterocycles. The van der Waals surface area contributed by atoms with Gasteiger partial charge in [-0.15, -0.1) is 0 Å². The summed E-state index contributed by atoms with van der Waals surface area (Å²) in [7, 11) is 0. The fourth-order valence-corrected chi connectivity index (χ4v) is 2.03. The van der Waals surface area contributed by atoms with E-state index in [-0.39, 0.29) is 5.56 Å². The Morgan fingerprint density at radius 3 is 1.86 bits per heavy atom. The standard InChI is InChI=1S/C15H9F3INO2/c16-15(17,18)13(21)9-1-3-10(4-2-9)14(22)20-12-7-5-11(19)6-8-12/h1-8H,(H,20,22). The molecule has 0 atom stereocenters. The molecule has 0 saturated heterocycles. The maximum atomic E-state index is 12.3. The minimum absolute atomic E-state index is 0.164. The third kappa shape index (κ3) is 4.06. The van der Waals surface area contributed by atoms with E-state index < -0.39 is 23.4 Å². The monoisotopic (exact) mass is 419 g/mol. The van der Waals surface area contributed by atoms with E-state index in [9.17, 15) is 22.8 Å². The number of ketones is 1. The first kappa shape index (κ1) is 16.5. The van der Waals surface area contributed by atoms with Gasteiger partial charge in [0.2, 0.25) is 0 Å². The number of hydrogen-bond donors (Lipinski definition) is 1. The fraction of sp³-hybridized carbons (Fsp3) is 0.0667. The SMILES string of the molecule is O=C(Nc1ccc(I)cc1)c1ccc(C(=O)C(F)(F)F)cc1. The molecule has 7 heteroatoms. The summed E-state index contributed by atoms with van der Waals surface area (Å²) in [5.74, 6) is -2.40. The minimum Gasteiger partial charge on any atom is -0.322 e. The van der Waals surface area contributed by atoms with Gasteiger partial charge in [0.25, 0.3) is 11.7 Å². The van der Waals surface area contributed by atoms with Crippen LogP contribution in [0.15, 0.2) is 48.5 Å². The molecule has 3 nitrogen and oxygen atoms in total. The molecule has 0 radical (unpaired) electrons. The second-order valence-electron chi connectivity index (χ2n) is 4.37. The number of anilines is 1. The number of nitrogens with one attached hydrogen (secondary N) is 1. The molecule has 0 fully saturated rings. The van der Waals surface area contributed by atoms with Crippen molar-refractivity contribution in [2.24, 2.45) is 0 Å². The van der Waals surface area contributed by atoms with Gasteiger partial charge in [-0.1, -0.05) is 12.1 Å². The largest absolute Gasteiger partial charge is 0.454 e. The number of halogens is 4. The summed E-state index contributed by atoms with van der Waals surface area (Å²) < 4.78 is 37.9. The topological polar surface area (TPSA) is 46.2 Å². The molecule has 1 amide bonds. The maximum Gasteiger partial charge on any atom is 0.454 e. The van der Waals surface area contributed by atoms with Gasteiger partial charge in [-0.2, -0.15) is 13.2 Å². The van der Waals surface area contributed by atoms with E-state index in [1.54, 1.807) is 24.3 Å². The van der Waals surface area contributed by atoms with Gasteiger partial charge >= 0.3 is 6.18 Å². The normalized spacial score (nSPS) is 11.1. The van der Waals surface area contributed by atoms with Crippen LogP contribution in [0.1, 0.15) is 20.7 Å². The average molecular weight is 419 g/mol. The predicted octanol–water partition coefficient (Wildman–Crippen LogP) is 4.29. The number of carbonyl (C=O) groups is 2. The van der Waals surface area contributed by atoms with E-state index >= 15 is 0 Å².